The topological polar surface area (TPSA) is 62.2 Å². The Hall–Kier alpha value is -1.95. The molecule has 1 aromatic carbocycles. The number of benzene rings is 1. The average Bonchev–Trinajstić information content (AvgIpc) is 2.28. The van der Waals surface area contributed by atoms with E-state index in [0.717, 1.165) is 16.6 Å². The van der Waals surface area contributed by atoms with Crippen molar-refractivity contribution in [2.24, 2.45) is 0 Å². The number of halogens is 2. The maximum absolute atomic E-state index is 12.8. The van der Waals surface area contributed by atoms with Crippen molar-refractivity contribution in [2.75, 3.05) is 5.32 Å². The van der Waals surface area contributed by atoms with Crippen molar-refractivity contribution < 1.29 is 14.3 Å². The summed E-state index contributed by atoms with van der Waals surface area (Å²) in [5.74, 6) is -1.25. The maximum Gasteiger partial charge on any atom is 0.260 e. The summed E-state index contributed by atoms with van der Waals surface area (Å²) in [7, 11) is 0. The quantitative estimate of drug-likeness (QED) is 0.896. The monoisotopic (exact) mass is 310 g/mol. The van der Waals surface area contributed by atoms with Gasteiger partial charge in [-0.15, -0.1) is 0 Å². The summed E-state index contributed by atoms with van der Waals surface area (Å²) in [6.45, 7) is 0. The van der Waals surface area contributed by atoms with E-state index in [4.69, 9.17) is 0 Å². The Kier molecular flexibility index (Phi) is 3.57. The molecule has 0 saturated carbocycles. The number of anilines is 1. The molecule has 0 atom stereocenters. The Labute approximate surface area is 111 Å². The van der Waals surface area contributed by atoms with Crippen LogP contribution in [0.1, 0.15) is 10.4 Å². The van der Waals surface area contributed by atoms with Crippen molar-refractivity contribution in [3.63, 3.8) is 0 Å². The molecule has 4 nitrogen and oxygen atoms in total. The van der Waals surface area contributed by atoms with Crippen LogP contribution in [0.15, 0.2) is 41.0 Å². The molecule has 2 N–H and O–H groups in total. The van der Waals surface area contributed by atoms with Gasteiger partial charge >= 0.3 is 0 Å². The molecule has 1 aromatic heterocycles. The van der Waals surface area contributed by atoms with Crippen LogP contribution < -0.4 is 5.32 Å². The lowest BCUT2D eigenvalue weighted by atomic mass is 10.2. The Bertz CT molecular complexity index is 604. The fourth-order valence-electron chi connectivity index (χ4n) is 1.35. The van der Waals surface area contributed by atoms with E-state index in [0.29, 0.717) is 5.82 Å². The SMILES string of the molecule is O=C(Nc1cc(Br)ccn1)c1ccc(F)cc1O. The molecule has 1 amide bonds. The molecular formula is C12H8BrFN2O2. The second-order valence-electron chi connectivity index (χ2n) is 3.47. The largest absolute Gasteiger partial charge is 0.507 e. The molecular weight excluding hydrogens is 303 g/mol. The number of phenols is 1. The summed E-state index contributed by atoms with van der Waals surface area (Å²) in [6.07, 6.45) is 1.52. The highest BCUT2D eigenvalue weighted by Crippen LogP contribution is 2.20. The Balaban J connectivity index is 2.22. The van der Waals surface area contributed by atoms with Gasteiger partial charge < -0.3 is 10.4 Å². The standard InChI is InChI=1S/C12H8BrFN2O2/c13-7-3-4-15-11(5-7)16-12(18)9-2-1-8(14)6-10(9)17/h1-6,17H,(H,15,16,18). The van der Waals surface area contributed by atoms with Crippen LogP contribution in [0.2, 0.25) is 0 Å². The van der Waals surface area contributed by atoms with E-state index < -0.39 is 17.5 Å². The number of hydrogen-bond donors (Lipinski definition) is 2. The van der Waals surface area contributed by atoms with E-state index in [1.807, 2.05) is 0 Å². The second-order valence-corrected chi connectivity index (χ2v) is 4.39. The van der Waals surface area contributed by atoms with E-state index in [9.17, 15) is 14.3 Å². The van der Waals surface area contributed by atoms with Crippen molar-refractivity contribution >= 4 is 27.7 Å². The number of hydrogen-bond acceptors (Lipinski definition) is 3. The minimum absolute atomic E-state index is 0.0156. The molecule has 1 heterocycles. The molecule has 0 unspecified atom stereocenters. The molecule has 0 aliphatic heterocycles. The Morgan fingerprint density at radius 3 is 2.78 bits per heavy atom. The number of pyridine rings is 1. The first-order chi connectivity index (χ1) is 8.56. The van der Waals surface area contributed by atoms with Crippen LogP contribution in [-0.2, 0) is 0 Å². The molecule has 0 fully saturated rings. The molecule has 0 aliphatic carbocycles. The summed E-state index contributed by atoms with van der Waals surface area (Å²) in [6, 6.07) is 6.51. The van der Waals surface area contributed by atoms with E-state index in [-0.39, 0.29) is 5.56 Å². The van der Waals surface area contributed by atoms with Gasteiger partial charge in [-0.2, -0.15) is 0 Å². The summed E-state index contributed by atoms with van der Waals surface area (Å²) in [5.41, 5.74) is -0.0156. The van der Waals surface area contributed by atoms with Crippen molar-refractivity contribution in [1.82, 2.24) is 4.98 Å². The summed E-state index contributed by atoms with van der Waals surface area (Å²) >= 11 is 3.24. The zero-order valence-corrected chi connectivity index (χ0v) is 10.6. The maximum atomic E-state index is 12.8. The van der Waals surface area contributed by atoms with Crippen LogP contribution in [-0.4, -0.2) is 16.0 Å². The van der Waals surface area contributed by atoms with Crippen LogP contribution in [0.3, 0.4) is 0 Å². The number of carbonyl (C=O) groups is 1. The number of phenolic OH excluding ortho intramolecular Hbond substituents is 1. The van der Waals surface area contributed by atoms with Crippen molar-refractivity contribution in [1.29, 1.82) is 0 Å². The van der Waals surface area contributed by atoms with E-state index in [2.05, 4.69) is 26.2 Å². The van der Waals surface area contributed by atoms with Gasteiger partial charge in [0.2, 0.25) is 0 Å². The first kappa shape index (κ1) is 12.5. The van der Waals surface area contributed by atoms with Crippen LogP contribution in [0.4, 0.5) is 10.2 Å². The van der Waals surface area contributed by atoms with Crippen LogP contribution in [0, 0.1) is 5.82 Å². The molecule has 0 aliphatic rings. The average molecular weight is 311 g/mol. The van der Waals surface area contributed by atoms with Crippen LogP contribution in [0.5, 0.6) is 5.75 Å². The zero-order valence-electron chi connectivity index (χ0n) is 9.02. The summed E-state index contributed by atoms with van der Waals surface area (Å²) < 4.78 is 13.5. The molecule has 6 heteroatoms. The predicted molar refractivity (Wildman–Crippen MR) is 68.0 cm³/mol. The van der Waals surface area contributed by atoms with E-state index in [1.165, 1.54) is 12.3 Å². The first-order valence-electron chi connectivity index (χ1n) is 4.97. The Morgan fingerprint density at radius 1 is 1.33 bits per heavy atom. The molecule has 0 saturated heterocycles. The van der Waals surface area contributed by atoms with Crippen molar-refractivity contribution in [2.45, 2.75) is 0 Å². The van der Waals surface area contributed by atoms with E-state index in [1.54, 1.807) is 12.1 Å². The van der Waals surface area contributed by atoms with Crippen LogP contribution >= 0.6 is 15.9 Å². The van der Waals surface area contributed by atoms with Gasteiger partial charge in [0.1, 0.15) is 17.4 Å². The number of carbonyl (C=O) groups excluding carboxylic acids is 1. The third kappa shape index (κ3) is 2.84. The number of aromatic nitrogens is 1. The van der Waals surface area contributed by atoms with E-state index >= 15 is 0 Å². The lowest BCUT2D eigenvalue weighted by molar-refractivity contribution is 0.102. The molecule has 92 valence electrons. The van der Waals surface area contributed by atoms with Gasteiger partial charge in [0.15, 0.2) is 0 Å². The fraction of sp³-hybridized carbons (Fsp3) is 0. The third-order valence-electron chi connectivity index (χ3n) is 2.17. The van der Waals surface area contributed by atoms with Gasteiger partial charge in [-0.25, -0.2) is 9.37 Å². The minimum atomic E-state index is -0.607. The van der Waals surface area contributed by atoms with Gasteiger partial charge in [0.25, 0.3) is 5.91 Å². The predicted octanol–water partition coefficient (Wildman–Crippen LogP) is 2.94. The fourth-order valence-corrected chi connectivity index (χ4v) is 1.69. The molecule has 2 aromatic rings. The molecule has 18 heavy (non-hydrogen) atoms. The number of rotatable bonds is 2. The van der Waals surface area contributed by atoms with Gasteiger partial charge in [0.05, 0.1) is 5.56 Å². The molecule has 0 bridgehead atoms. The summed E-state index contributed by atoms with van der Waals surface area (Å²) in [4.78, 5) is 15.7. The lowest BCUT2D eigenvalue weighted by Gasteiger charge is -2.06. The Morgan fingerprint density at radius 2 is 2.11 bits per heavy atom. The number of aromatic hydroxyl groups is 1. The smallest absolute Gasteiger partial charge is 0.260 e. The van der Waals surface area contributed by atoms with Gasteiger partial charge in [0, 0.05) is 16.7 Å². The third-order valence-corrected chi connectivity index (χ3v) is 2.66. The molecule has 0 radical (unpaired) electrons. The van der Waals surface area contributed by atoms with Crippen LogP contribution in [0.25, 0.3) is 0 Å². The van der Waals surface area contributed by atoms with Gasteiger partial charge in [-0.05, 0) is 24.3 Å². The normalized spacial score (nSPS) is 10.1. The lowest BCUT2D eigenvalue weighted by Crippen LogP contribution is -2.13. The molecule has 2 rings (SSSR count). The van der Waals surface area contributed by atoms with Crippen molar-refractivity contribution in [3.8, 4) is 5.75 Å². The van der Waals surface area contributed by atoms with Gasteiger partial charge in [-0.3, -0.25) is 4.79 Å². The summed E-state index contributed by atoms with van der Waals surface area (Å²) in [5, 5.41) is 12.0. The first-order valence-corrected chi connectivity index (χ1v) is 5.77. The highest BCUT2D eigenvalue weighted by molar-refractivity contribution is 9.10. The number of nitrogens with one attached hydrogen (secondary N) is 1. The van der Waals surface area contributed by atoms with Gasteiger partial charge in [-0.1, -0.05) is 15.9 Å². The molecule has 0 spiro atoms. The minimum Gasteiger partial charge on any atom is -0.507 e. The second kappa shape index (κ2) is 5.14. The van der Waals surface area contributed by atoms with Crippen molar-refractivity contribution in [3.05, 3.63) is 52.4 Å². The number of nitrogens with zero attached hydrogens (tertiary/aromatic N) is 1. The highest BCUT2D eigenvalue weighted by atomic mass is 79.9. The zero-order chi connectivity index (χ0) is 13.1. The number of amides is 1. The highest BCUT2D eigenvalue weighted by Gasteiger charge is 2.12.